The van der Waals surface area contributed by atoms with Crippen LogP contribution in [0, 0.1) is 0 Å². The van der Waals surface area contributed by atoms with E-state index >= 15 is 0 Å². The second-order valence-electron chi connectivity index (χ2n) is 5.67. The summed E-state index contributed by atoms with van der Waals surface area (Å²) in [4.78, 5) is 24.2. The van der Waals surface area contributed by atoms with Gasteiger partial charge >= 0.3 is 0 Å². The molecule has 2 amide bonds. The van der Waals surface area contributed by atoms with Crippen molar-refractivity contribution in [2.45, 2.75) is 4.90 Å². The summed E-state index contributed by atoms with van der Waals surface area (Å²) in [6.07, 6.45) is 1.23. The predicted octanol–water partition coefficient (Wildman–Crippen LogP) is 0.177. The molecule has 0 spiro atoms. The van der Waals surface area contributed by atoms with Crippen molar-refractivity contribution in [2.75, 3.05) is 5.73 Å². The molecule has 0 aliphatic rings. The molecule has 3 rings (SSSR count). The number of nitrogens with zero attached hydrogens (tertiary/aromatic N) is 2. The molecular weight excluding hydrogens is 384 g/mol. The first-order chi connectivity index (χ1) is 13.3. The Morgan fingerprint density at radius 3 is 2.14 bits per heavy atom. The third-order valence-electron chi connectivity index (χ3n) is 3.79. The Kier molecular flexibility index (Phi) is 5.11. The SMILES string of the molecule is Nc1c(C(=O)NNC(=O)c2ccccc2)cnn1-c1ccc(S(N)(=O)=O)cc1. The average Bonchev–Trinajstić information content (AvgIpc) is 3.07. The van der Waals surface area contributed by atoms with Crippen molar-refractivity contribution in [3.63, 3.8) is 0 Å². The molecule has 0 aliphatic carbocycles. The first kappa shape index (κ1) is 19.1. The van der Waals surface area contributed by atoms with E-state index in [1.54, 1.807) is 30.3 Å². The number of hydrogen-bond donors (Lipinski definition) is 4. The lowest BCUT2D eigenvalue weighted by atomic mass is 10.2. The van der Waals surface area contributed by atoms with Crippen LogP contribution in [0.5, 0.6) is 0 Å². The molecule has 0 unspecified atom stereocenters. The first-order valence-corrected chi connectivity index (χ1v) is 9.44. The van der Waals surface area contributed by atoms with E-state index in [0.29, 0.717) is 11.3 Å². The van der Waals surface area contributed by atoms with Gasteiger partial charge in [0.05, 0.1) is 16.8 Å². The van der Waals surface area contributed by atoms with Gasteiger partial charge in [0.25, 0.3) is 11.8 Å². The lowest BCUT2D eigenvalue weighted by Crippen LogP contribution is -2.41. The minimum Gasteiger partial charge on any atom is -0.383 e. The molecule has 0 fully saturated rings. The number of carbonyl (C=O) groups excluding carboxylic acids is 2. The molecule has 0 radical (unpaired) electrons. The van der Waals surface area contributed by atoms with Crippen molar-refractivity contribution in [3.8, 4) is 5.69 Å². The van der Waals surface area contributed by atoms with Gasteiger partial charge in [-0.3, -0.25) is 20.4 Å². The second kappa shape index (κ2) is 7.50. The van der Waals surface area contributed by atoms with E-state index in [9.17, 15) is 18.0 Å². The lowest BCUT2D eigenvalue weighted by molar-refractivity contribution is 0.0847. The third kappa shape index (κ3) is 4.00. The van der Waals surface area contributed by atoms with Crippen LogP contribution in [0.1, 0.15) is 20.7 Å². The Hall–Kier alpha value is -3.70. The number of nitrogen functional groups attached to an aromatic ring is 1. The van der Waals surface area contributed by atoms with Crippen LogP contribution in [0.3, 0.4) is 0 Å². The summed E-state index contributed by atoms with van der Waals surface area (Å²) in [7, 11) is -3.82. The van der Waals surface area contributed by atoms with Crippen LogP contribution in [0.15, 0.2) is 65.7 Å². The van der Waals surface area contributed by atoms with E-state index < -0.39 is 21.8 Å². The van der Waals surface area contributed by atoms with Crippen molar-refractivity contribution in [1.82, 2.24) is 20.6 Å². The monoisotopic (exact) mass is 400 g/mol. The summed E-state index contributed by atoms with van der Waals surface area (Å²) < 4.78 is 23.9. The fourth-order valence-corrected chi connectivity index (χ4v) is 2.87. The minimum atomic E-state index is -3.82. The van der Waals surface area contributed by atoms with E-state index in [-0.39, 0.29) is 16.3 Å². The van der Waals surface area contributed by atoms with Gasteiger partial charge in [-0.05, 0) is 36.4 Å². The van der Waals surface area contributed by atoms with Gasteiger partial charge in [-0.1, -0.05) is 18.2 Å². The van der Waals surface area contributed by atoms with Crippen molar-refractivity contribution >= 4 is 27.7 Å². The van der Waals surface area contributed by atoms with Gasteiger partial charge in [0.2, 0.25) is 10.0 Å². The van der Waals surface area contributed by atoms with Gasteiger partial charge in [-0.25, -0.2) is 18.2 Å². The van der Waals surface area contributed by atoms with Gasteiger partial charge in [0.15, 0.2) is 0 Å². The average molecular weight is 400 g/mol. The van der Waals surface area contributed by atoms with Crippen LogP contribution in [-0.2, 0) is 10.0 Å². The molecule has 0 atom stereocenters. The van der Waals surface area contributed by atoms with Crippen molar-refractivity contribution in [1.29, 1.82) is 0 Å². The van der Waals surface area contributed by atoms with E-state index in [1.807, 2.05) is 0 Å². The number of anilines is 1. The maximum atomic E-state index is 12.3. The molecule has 2 aromatic carbocycles. The number of nitrogens with one attached hydrogen (secondary N) is 2. The molecule has 3 aromatic rings. The number of hydrazine groups is 1. The van der Waals surface area contributed by atoms with Crippen molar-refractivity contribution in [2.24, 2.45) is 5.14 Å². The van der Waals surface area contributed by atoms with E-state index in [4.69, 9.17) is 10.9 Å². The number of benzene rings is 2. The normalized spacial score (nSPS) is 11.0. The molecule has 28 heavy (non-hydrogen) atoms. The zero-order chi connectivity index (χ0) is 20.3. The third-order valence-corrected chi connectivity index (χ3v) is 4.72. The van der Waals surface area contributed by atoms with E-state index in [1.165, 1.54) is 35.1 Å². The predicted molar refractivity (Wildman–Crippen MR) is 101 cm³/mol. The molecule has 1 aromatic heterocycles. The highest BCUT2D eigenvalue weighted by molar-refractivity contribution is 7.89. The molecular formula is C17H16N6O4S. The number of carbonyl (C=O) groups is 2. The fraction of sp³-hybridized carbons (Fsp3) is 0. The topological polar surface area (TPSA) is 162 Å². The summed E-state index contributed by atoms with van der Waals surface area (Å²) in [6.45, 7) is 0. The zero-order valence-corrected chi connectivity index (χ0v) is 15.2. The number of nitrogens with two attached hydrogens (primary N) is 2. The van der Waals surface area contributed by atoms with Crippen LogP contribution in [0.2, 0.25) is 0 Å². The molecule has 11 heteroatoms. The van der Waals surface area contributed by atoms with Gasteiger partial charge in [-0.15, -0.1) is 0 Å². The Morgan fingerprint density at radius 1 is 0.929 bits per heavy atom. The van der Waals surface area contributed by atoms with Crippen LogP contribution >= 0.6 is 0 Å². The standard InChI is InChI=1S/C17H16N6O4S/c18-15-14(17(25)22-21-16(24)11-4-2-1-3-5-11)10-20-23(15)12-6-8-13(9-7-12)28(19,26)27/h1-10H,18H2,(H,21,24)(H,22,25)(H2,19,26,27). The number of amides is 2. The summed E-state index contributed by atoms with van der Waals surface area (Å²) in [6, 6.07) is 13.8. The minimum absolute atomic E-state index is 0.00909. The molecule has 6 N–H and O–H groups in total. The summed E-state index contributed by atoms with van der Waals surface area (Å²) >= 11 is 0. The van der Waals surface area contributed by atoms with Crippen LogP contribution in [0.4, 0.5) is 5.82 Å². The van der Waals surface area contributed by atoms with Crippen LogP contribution < -0.4 is 21.7 Å². The quantitative estimate of drug-likeness (QED) is 0.456. The Labute approximate surface area is 160 Å². The Balaban J connectivity index is 1.73. The molecule has 0 saturated carbocycles. The van der Waals surface area contributed by atoms with Crippen LogP contribution in [0.25, 0.3) is 5.69 Å². The van der Waals surface area contributed by atoms with Gasteiger partial charge < -0.3 is 5.73 Å². The molecule has 0 aliphatic heterocycles. The highest BCUT2D eigenvalue weighted by Crippen LogP contribution is 2.18. The molecule has 1 heterocycles. The van der Waals surface area contributed by atoms with Gasteiger partial charge in [0.1, 0.15) is 11.4 Å². The van der Waals surface area contributed by atoms with E-state index in [0.717, 1.165) is 0 Å². The number of aromatic nitrogens is 2. The van der Waals surface area contributed by atoms with Gasteiger partial charge in [0, 0.05) is 5.56 Å². The van der Waals surface area contributed by atoms with Gasteiger partial charge in [-0.2, -0.15) is 5.10 Å². The maximum Gasteiger partial charge on any atom is 0.275 e. The number of sulfonamides is 1. The number of primary sulfonamides is 1. The summed E-state index contributed by atoms with van der Waals surface area (Å²) in [5.41, 5.74) is 11.3. The lowest BCUT2D eigenvalue weighted by Gasteiger charge is -2.08. The second-order valence-corrected chi connectivity index (χ2v) is 7.23. The Morgan fingerprint density at radius 2 is 1.54 bits per heavy atom. The molecule has 0 bridgehead atoms. The number of hydrogen-bond acceptors (Lipinski definition) is 6. The largest absolute Gasteiger partial charge is 0.383 e. The Bertz CT molecular complexity index is 1120. The number of rotatable bonds is 4. The van der Waals surface area contributed by atoms with Crippen molar-refractivity contribution in [3.05, 3.63) is 71.9 Å². The van der Waals surface area contributed by atoms with Crippen LogP contribution in [-0.4, -0.2) is 30.0 Å². The maximum absolute atomic E-state index is 12.3. The van der Waals surface area contributed by atoms with E-state index in [2.05, 4.69) is 16.0 Å². The molecule has 0 saturated heterocycles. The first-order valence-electron chi connectivity index (χ1n) is 7.90. The zero-order valence-electron chi connectivity index (χ0n) is 14.4. The fourth-order valence-electron chi connectivity index (χ4n) is 2.36. The highest BCUT2D eigenvalue weighted by Gasteiger charge is 2.17. The highest BCUT2D eigenvalue weighted by atomic mass is 32.2. The summed E-state index contributed by atoms with van der Waals surface area (Å²) in [5, 5.41) is 9.08. The molecule has 144 valence electrons. The smallest absolute Gasteiger partial charge is 0.275 e. The summed E-state index contributed by atoms with van der Waals surface area (Å²) in [5.74, 6) is -1.14. The van der Waals surface area contributed by atoms with Crippen molar-refractivity contribution < 1.29 is 18.0 Å². The molecule has 10 nitrogen and oxygen atoms in total.